The van der Waals surface area contributed by atoms with E-state index in [-0.39, 0.29) is 0 Å². The van der Waals surface area contributed by atoms with Crippen LogP contribution in [0.15, 0.2) is 54.6 Å². The van der Waals surface area contributed by atoms with Crippen molar-refractivity contribution in [2.24, 2.45) is 5.73 Å². The summed E-state index contributed by atoms with van der Waals surface area (Å²) >= 11 is 0. The van der Waals surface area contributed by atoms with Crippen molar-refractivity contribution in [3.8, 4) is 0 Å². The highest BCUT2D eigenvalue weighted by Gasteiger charge is 2.25. The summed E-state index contributed by atoms with van der Waals surface area (Å²) in [6.45, 7) is 1.97. The van der Waals surface area contributed by atoms with Gasteiger partial charge in [-0.3, -0.25) is 14.4 Å². The molecule has 0 aliphatic heterocycles. The zero-order chi connectivity index (χ0) is 19.6. The van der Waals surface area contributed by atoms with Crippen LogP contribution >= 0.6 is 0 Å². The van der Waals surface area contributed by atoms with Crippen molar-refractivity contribution in [3.63, 3.8) is 0 Å². The Hall–Kier alpha value is -3.21. The van der Waals surface area contributed by atoms with E-state index in [2.05, 4.69) is 5.32 Å². The summed E-state index contributed by atoms with van der Waals surface area (Å²) in [7, 11) is 0. The number of nitrogens with two attached hydrogens (primary N) is 1. The lowest BCUT2D eigenvalue weighted by molar-refractivity contribution is -0.137. The number of rotatable bonds is 9. The van der Waals surface area contributed by atoms with Crippen LogP contribution in [-0.4, -0.2) is 23.6 Å². The van der Waals surface area contributed by atoms with Gasteiger partial charge in [0.2, 0.25) is 5.78 Å². The number of ketones is 1. The topological polar surface area (TPSA) is 89.3 Å². The highest BCUT2D eigenvalue weighted by Crippen LogP contribution is 2.14. The van der Waals surface area contributed by atoms with E-state index in [1.807, 2.05) is 61.5 Å². The number of hydrogen-bond acceptors (Lipinski definition) is 3. The first-order chi connectivity index (χ1) is 13.0. The van der Waals surface area contributed by atoms with Gasteiger partial charge in [0.05, 0.1) is 6.04 Å². The third-order valence-corrected chi connectivity index (χ3v) is 4.17. The van der Waals surface area contributed by atoms with Crippen LogP contribution in [0.3, 0.4) is 0 Å². The Bertz CT molecular complexity index is 828. The van der Waals surface area contributed by atoms with E-state index in [1.54, 1.807) is 12.1 Å². The van der Waals surface area contributed by atoms with Gasteiger partial charge in [-0.05, 0) is 23.6 Å². The lowest BCUT2D eigenvalue weighted by Crippen LogP contribution is -2.46. The van der Waals surface area contributed by atoms with Crippen molar-refractivity contribution in [2.45, 2.75) is 32.2 Å². The molecule has 0 bridgehead atoms. The van der Waals surface area contributed by atoms with Gasteiger partial charge in [-0.15, -0.1) is 0 Å². The highest BCUT2D eigenvalue weighted by atomic mass is 16.2. The fourth-order valence-electron chi connectivity index (χ4n) is 2.68. The number of carbonyl (C=O) groups is 3. The standard InChI is InChI=1S/C22H24N2O3/c1-2-3-13-19(20(25)21(23)26)24-22(27)18-12-8-7-11-17(18)15-14-16-9-5-4-6-10-16/h4-12,14-15,19H,2-3,13H2,1H3,(H2,23,26)(H,24,27)/b15-14+. The van der Waals surface area contributed by atoms with Crippen molar-refractivity contribution < 1.29 is 14.4 Å². The molecule has 1 unspecified atom stereocenters. The van der Waals surface area contributed by atoms with Crippen molar-refractivity contribution in [2.75, 3.05) is 0 Å². The Labute approximate surface area is 159 Å². The van der Waals surface area contributed by atoms with Gasteiger partial charge < -0.3 is 11.1 Å². The predicted octanol–water partition coefficient (Wildman–Crippen LogP) is 3.20. The van der Waals surface area contributed by atoms with Crippen molar-refractivity contribution in [3.05, 3.63) is 71.3 Å². The number of nitrogens with one attached hydrogen (secondary N) is 1. The molecule has 1 atom stereocenters. The van der Waals surface area contributed by atoms with E-state index in [0.29, 0.717) is 18.4 Å². The molecule has 3 N–H and O–H groups in total. The van der Waals surface area contributed by atoms with E-state index in [0.717, 1.165) is 17.5 Å². The van der Waals surface area contributed by atoms with Crippen LogP contribution in [0.25, 0.3) is 12.2 Å². The molecular weight excluding hydrogens is 340 g/mol. The lowest BCUT2D eigenvalue weighted by atomic mass is 10.0. The average Bonchev–Trinajstić information content (AvgIpc) is 2.69. The van der Waals surface area contributed by atoms with Gasteiger partial charge in [0.25, 0.3) is 11.8 Å². The number of unbranched alkanes of at least 4 members (excludes halogenated alkanes) is 1. The highest BCUT2D eigenvalue weighted by molar-refractivity contribution is 6.38. The molecule has 0 spiro atoms. The zero-order valence-electron chi connectivity index (χ0n) is 15.4. The Morgan fingerprint density at radius 2 is 1.67 bits per heavy atom. The summed E-state index contributed by atoms with van der Waals surface area (Å²) in [5, 5.41) is 2.66. The largest absolute Gasteiger partial charge is 0.363 e. The summed E-state index contributed by atoms with van der Waals surface area (Å²) in [6, 6.07) is 15.9. The quantitative estimate of drug-likeness (QED) is 0.529. The summed E-state index contributed by atoms with van der Waals surface area (Å²) in [4.78, 5) is 36.0. The van der Waals surface area contributed by atoms with E-state index in [9.17, 15) is 14.4 Å². The first kappa shape index (κ1) is 20.1. The summed E-state index contributed by atoms with van der Waals surface area (Å²) in [6.07, 6.45) is 5.69. The maximum atomic E-state index is 12.7. The molecule has 2 amide bonds. The smallest absolute Gasteiger partial charge is 0.287 e. The second-order valence-electron chi connectivity index (χ2n) is 6.23. The molecule has 5 nitrogen and oxygen atoms in total. The molecule has 0 aromatic heterocycles. The van der Waals surface area contributed by atoms with Crippen LogP contribution in [0.2, 0.25) is 0 Å². The Morgan fingerprint density at radius 3 is 2.33 bits per heavy atom. The van der Waals surface area contributed by atoms with E-state index in [4.69, 9.17) is 5.73 Å². The Kier molecular flexibility index (Phi) is 7.49. The molecule has 5 heteroatoms. The maximum absolute atomic E-state index is 12.7. The molecule has 2 rings (SSSR count). The first-order valence-corrected chi connectivity index (χ1v) is 8.99. The molecule has 0 radical (unpaired) electrons. The SMILES string of the molecule is CCCCC(NC(=O)c1ccccc1/C=C/c1ccccc1)C(=O)C(N)=O. The van der Waals surface area contributed by atoms with E-state index >= 15 is 0 Å². The number of hydrogen-bond donors (Lipinski definition) is 2. The number of Topliss-reactive ketones (excluding diaryl/α,β-unsaturated/α-hetero) is 1. The zero-order valence-corrected chi connectivity index (χ0v) is 15.4. The molecule has 0 heterocycles. The minimum absolute atomic E-state index is 0.381. The number of primary amides is 1. The minimum Gasteiger partial charge on any atom is -0.363 e. The van der Waals surface area contributed by atoms with Crippen molar-refractivity contribution in [1.29, 1.82) is 0 Å². The molecule has 0 saturated carbocycles. The van der Waals surface area contributed by atoms with Gasteiger partial charge in [0.1, 0.15) is 0 Å². The Balaban J connectivity index is 2.21. The summed E-state index contributed by atoms with van der Waals surface area (Å²) in [5.41, 5.74) is 7.28. The fourth-order valence-corrected chi connectivity index (χ4v) is 2.68. The van der Waals surface area contributed by atoms with Gasteiger partial charge >= 0.3 is 0 Å². The molecule has 27 heavy (non-hydrogen) atoms. The van der Waals surface area contributed by atoms with E-state index in [1.165, 1.54) is 0 Å². The summed E-state index contributed by atoms with van der Waals surface area (Å²) < 4.78 is 0. The average molecular weight is 364 g/mol. The second-order valence-corrected chi connectivity index (χ2v) is 6.23. The van der Waals surface area contributed by atoms with Crippen LogP contribution < -0.4 is 11.1 Å². The Morgan fingerprint density at radius 1 is 1.00 bits per heavy atom. The molecule has 140 valence electrons. The van der Waals surface area contributed by atoms with E-state index < -0.39 is 23.6 Å². The van der Waals surface area contributed by atoms with Gasteiger partial charge in [-0.1, -0.05) is 80.4 Å². The maximum Gasteiger partial charge on any atom is 0.287 e. The van der Waals surface area contributed by atoms with Crippen LogP contribution in [0.4, 0.5) is 0 Å². The van der Waals surface area contributed by atoms with Crippen LogP contribution in [0.5, 0.6) is 0 Å². The number of carbonyl (C=O) groups excluding carboxylic acids is 3. The fraction of sp³-hybridized carbons (Fsp3) is 0.227. The van der Waals surface area contributed by atoms with Crippen LogP contribution in [-0.2, 0) is 9.59 Å². The van der Waals surface area contributed by atoms with Crippen molar-refractivity contribution >= 4 is 29.7 Å². The van der Waals surface area contributed by atoms with Gasteiger partial charge in [-0.2, -0.15) is 0 Å². The predicted molar refractivity (Wildman–Crippen MR) is 107 cm³/mol. The summed E-state index contributed by atoms with van der Waals surface area (Å²) in [5.74, 6) is -2.21. The molecular formula is C22H24N2O3. The molecule has 2 aromatic carbocycles. The third kappa shape index (κ3) is 5.92. The molecule has 0 aliphatic carbocycles. The van der Waals surface area contributed by atoms with Crippen molar-refractivity contribution in [1.82, 2.24) is 5.32 Å². The second kappa shape index (κ2) is 10.1. The van der Waals surface area contributed by atoms with Gasteiger partial charge in [0.15, 0.2) is 0 Å². The monoisotopic (exact) mass is 364 g/mol. The van der Waals surface area contributed by atoms with Gasteiger partial charge in [0, 0.05) is 5.56 Å². The minimum atomic E-state index is -1.03. The third-order valence-electron chi connectivity index (χ3n) is 4.17. The molecule has 0 saturated heterocycles. The van der Waals surface area contributed by atoms with Crippen LogP contribution in [0, 0.1) is 0 Å². The first-order valence-electron chi connectivity index (χ1n) is 8.99. The van der Waals surface area contributed by atoms with Crippen LogP contribution in [0.1, 0.15) is 47.7 Å². The molecule has 0 fully saturated rings. The number of benzene rings is 2. The number of amides is 2. The molecule has 2 aromatic rings. The molecule has 0 aliphatic rings. The normalized spacial score (nSPS) is 11.9. The van der Waals surface area contributed by atoms with Gasteiger partial charge in [-0.25, -0.2) is 0 Å². The lowest BCUT2D eigenvalue weighted by Gasteiger charge is -2.16.